The van der Waals surface area contributed by atoms with Crippen molar-refractivity contribution in [3.63, 3.8) is 0 Å². The number of hydrogen-bond acceptors (Lipinski definition) is 4. The summed E-state index contributed by atoms with van der Waals surface area (Å²) in [6.45, 7) is -0.452. The van der Waals surface area contributed by atoms with E-state index in [2.05, 4.69) is 10.1 Å². The van der Waals surface area contributed by atoms with E-state index in [0.717, 1.165) is 0 Å². The standard InChI is InChI=1S/C12H16F2N2O3/c1-18-10-6-8(2-3-9(10)15)12(17)16-4-5-19-7-11(13)14/h2-3,6,11H,4-5,7,15H2,1H3,(H,16,17). The Morgan fingerprint density at radius 2 is 2.21 bits per heavy atom. The number of anilines is 1. The van der Waals surface area contributed by atoms with Crippen molar-refractivity contribution in [1.82, 2.24) is 5.32 Å². The Morgan fingerprint density at radius 3 is 2.84 bits per heavy atom. The molecule has 0 aliphatic rings. The minimum absolute atomic E-state index is 0.0299. The van der Waals surface area contributed by atoms with Gasteiger partial charge in [-0.15, -0.1) is 0 Å². The van der Waals surface area contributed by atoms with Crippen molar-refractivity contribution in [3.8, 4) is 5.75 Å². The molecular formula is C12H16F2N2O3. The fourth-order valence-corrected chi connectivity index (χ4v) is 1.36. The smallest absolute Gasteiger partial charge is 0.261 e. The lowest BCUT2D eigenvalue weighted by Gasteiger charge is -2.08. The number of rotatable bonds is 7. The molecule has 19 heavy (non-hydrogen) atoms. The number of benzene rings is 1. The van der Waals surface area contributed by atoms with Gasteiger partial charge < -0.3 is 20.5 Å². The maximum Gasteiger partial charge on any atom is 0.261 e. The lowest BCUT2D eigenvalue weighted by Crippen LogP contribution is -2.27. The highest BCUT2D eigenvalue weighted by atomic mass is 19.3. The molecule has 1 aromatic rings. The molecule has 106 valence electrons. The van der Waals surface area contributed by atoms with Crippen molar-refractivity contribution in [2.45, 2.75) is 6.43 Å². The van der Waals surface area contributed by atoms with E-state index >= 15 is 0 Å². The molecule has 1 aromatic carbocycles. The molecule has 0 saturated carbocycles. The molecule has 0 radical (unpaired) electrons. The van der Waals surface area contributed by atoms with E-state index in [0.29, 0.717) is 17.0 Å². The summed E-state index contributed by atoms with van der Waals surface area (Å²) >= 11 is 0. The number of nitrogens with two attached hydrogens (primary N) is 1. The Labute approximate surface area is 109 Å². The molecule has 3 N–H and O–H groups in total. The summed E-state index contributed by atoms with van der Waals surface area (Å²) in [5.74, 6) is 0.0561. The third-order valence-electron chi connectivity index (χ3n) is 2.27. The Kier molecular flexibility index (Phi) is 6.01. The zero-order valence-electron chi connectivity index (χ0n) is 10.5. The molecule has 0 unspecified atom stereocenters. The minimum Gasteiger partial charge on any atom is -0.495 e. The van der Waals surface area contributed by atoms with Crippen molar-refractivity contribution in [3.05, 3.63) is 23.8 Å². The largest absolute Gasteiger partial charge is 0.495 e. The molecule has 0 aliphatic carbocycles. The van der Waals surface area contributed by atoms with E-state index in [-0.39, 0.29) is 19.1 Å². The van der Waals surface area contributed by atoms with Crippen LogP contribution in [-0.2, 0) is 4.74 Å². The van der Waals surface area contributed by atoms with Gasteiger partial charge in [0.1, 0.15) is 12.4 Å². The van der Waals surface area contributed by atoms with Crippen LogP contribution in [0.4, 0.5) is 14.5 Å². The molecule has 0 heterocycles. The molecule has 0 atom stereocenters. The quantitative estimate of drug-likeness (QED) is 0.580. The van der Waals surface area contributed by atoms with Crippen LogP contribution in [0, 0.1) is 0 Å². The first-order chi connectivity index (χ1) is 9.04. The molecule has 5 nitrogen and oxygen atoms in total. The van der Waals surface area contributed by atoms with Crippen LogP contribution >= 0.6 is 0 Å². The van der Waals surface area contributed by atoms with E-state index < -0.39 is 13.0 Å². The van der Waals surface area contributed by atoms with E-state index in [9.17, 15) is 13.6 Å². The van der Waals surface area contributed by atoms with Crippen LogP contribution in [0.15, 0.2) is 18.2 Å². The minimum atomic E-state index is -2.50. The number of nitrogen functional groups attached to an aromatic ring is 1. The van der Waals surface area contributed by atoms with Crippen LogP contribution in [-0.4, -0.2) is 39.2 Å². The maximum atomic E-state index is 11.8. The molecule has 1 amide bonds. The molecule has 0 saturated heterocycles. The number of alkyl halides is 2. The van der Waals surface area contributed by atoms with Gasteiger partial charge in [0, 0.05) is 12.1 Å². The molecule has 1 rings (SSSR count). The number of amides is 1. The molecular weight excluding hydrogens is 258 g/mol. The van der Waals surface area contributed by atoms with Gasteiger partial charge in [0.15, 0.2) is 0 Å². The number of ether oxygens (including phenoxy) is 2. The Hall–Kier alpha value is -1.89. The predicted octanol–water partition coefficient (Wildman–Crippen LogP) is 1.29. The van der Waals surface area contributed by atoms with Gasteiger partial charge in [-0.05, 0) is 18.2 Å². The first kappa shape index (κ1) is 15.2. The van der Waals surface area contributed by atoms with Crippen LogP contribution in [0.5, 0.6) is 5.75 Å². The number of halogens is 2. The first-order valence-electron chi connectivity index (χ1n) is 5.62. The number of carbonyl (C=O) groups is 1. The molecule has 0 aliphatic heterocycles. The Bertz CT molecular complexity index is 427. The number of nitrogens with one attached hydrogen (secondary N) is 1. The zero-order chi connectivity index (χ0) is 14.3. The predicted molar refractivity (Wildman–Crippen MR) is 66.6 cm³/mol. The maximum absolute atomic E-state index is 11.8. The van der Waals surface area contributed by atoms with Gasteiger partial charge >= 0.3 is 0 Å². The third-order valence-corrected chi connectivity index (χ3v) is 2.27. The summed E-state index contributed by atoms with van der Waals surface area (Å²) < 4.78 is 33.2. The highest BCUT2D eigenvalue weighted by molar-refractivity contribution is 5.95. The van der Waals surface area contributed by atoms with E-state index in [1.807, 2.05) is 0 Å². The summed E-state index contributed by atoms with van der Waals surface area (Å²) in [6.07, 6.45) is -2.50. The number of methoxy groups -OCH3 is 1. The molecule has 0 spiro atoms. The van der Waals surface area contributed by atoms with Gasteiger partial charge in [0.25, 0.3) is 12.3 Å². The molecule has 0 fully saturated rings. The van der Waals surface area contributed by atoms with E-state index in [1.165, 1.54) is 13.2 Å². The number of hydrogen-bond donors (Lipinski definition) is 2. The summed E-state index contributed by atoms with van der Waals surface area (Å²) in [6, 6.07) is 4.61. The topological polar surface area (TPSA) is 73.6 Å². The van der Waals surface area contributed by atoms with Crippen LogP contribution in [0.25, 0.3) is 0 Å². The lowest BCUT2D eigenvalue weighted by atomic mass is 10.2. The summed E-state index contributed by atoms with van der Waals surface area (Å²) in [5.41, 5.74) is 6.43. The highest BCUT2D eigenvalue weighted by Crippen LogP contribution is 2.21. The van der Waals surface area contributed by atoms with E-state index in [1.54, 1.807) is 12.1 Å². The van der Waals surface area contributed by atoms with Crippen molar-refractivity contribution in [2.24, 2.45) is 0 Å². The van der Waals surface area contributed by atoms with Crippen LogP contribution in [0.2, 0.25) is 0 Å². The molecule has 0 aromatic heterocycles. The molecule has 7 heteroatoms. The average Bonchev–Trinajstić information content (AvgIpc) is 2.38. The average molecular weight is 274 g/mol. The zero-order valence-corrected chi connectivity index (χ0v) is 10.5. The van der Waals surface area contributed by atoms with Gasteiger partial charge in [0.05, 0.1) is 19.4 Å². The van der Waals surface area contributed by atoms with Crippen LogP contribution in [0.3, 0.4) is 0 Å². The van der Waals surface area contributed by atoms with Gasteiger partial charge in [-0.3, -0.25) is 4.79 Å². The van der Waals surface area contributed by atoms with Crippen molar-refractivity contribution >= 4 is 11.6 Å². The van der Waals surface area contributed by atoms with Crippen LogP contribution in [0.1, 0.15) is 10.4 Å². The summed E-state index contributed by atoms with van der Waals surface area (Å²) in [7, 11) is 1.45. The monoisotopic (exact) mass is 274 g/mol. The second-order valence-electron chi connectivity index (χ2n) is 3.68. The third kappa shape index (κ3) is 5.09. The fourth-order valence-electron chi connectivity index (χ4n) is 1.36. The van der Waals surface area contributed by atoms with Gasteiger partial charge in [-0.25, -0.2) is 8.78 Å². The number of carbonyl (C=O) groups excluding carboxylic acids is 1. The van der Waals surface area contributed by atoms with E-state index in [4.69, 9.17) is 10.5 Å². The highest BCUT2D eigenvalue weighted by Gasteiger charge is 2.08. The summed E-state index contributed by atoms with van der Waals surface area (Å²) in [4.78, 5) is 11.7. The fraction of sp³-hybridized carbons (Fsp3) is 0.417. The first-order valence-corrected chi connectivity index (χ1v) is 5.62. The lowest BCUT2D eigenvalue weighted by molar-refractivity contribution is 0.0188. The van der Waals surface area contributed by atoms with Crippen molar-refractivity contribution in [1.29, 1.82) is 0 Å². The Morgan fingerprint density at radius 1 is 1.47 bits per heavy atom. The van der Waals surface area contributed by atoms with Gasteiger partial charge in [-0.1, -0.05) is 0 Å². The second kappa shape index (κ2) is 7.52. The van der Waals surface area contributed by atoms with Crippen molar-refractivity contribution in [2.75, 3.05) is 32.6 Å². The van der Waals surface area contributed by atoms with Crippen molar-refractivity contribution < 1.29 is 23.0 Å². The van der Waals surface area contributed by atoms with Gasteiger partial charge in [0.2, 0.25) is 0 Å². The Balaban J connectivity index is 2.41. The molecule has 0 bridgehead atoms. The second-order valence-corrected chi connectivity index (χ2v) is 3.68. The summed E-state index contributed by atoms with van der Waals surface area (Å²) in [5, 5.41) is 2.54. The normalized spacial score (nSPS) is 10.5. The van der Waals surface area contributed by atoms with Gasteiger partial charge in [-0.2, -0.15) is 0 Å². The SMILES string of the molecule is COc1cc(C(=O)NCCOCC(F)F)ccc1N. The van der Waals surface area contributed by atoms with Crippen LogP contribution < -0.4 is 15.8 Å².